The molecule has 3 nitrogen and oxygen atoms in total. The summed E-state index contributed by atoms with van der Waals surface area (Å²) in [6, 6.07) is 11.3. The number of ether oxygens (including phenoxy) is 1. The van der Waals surface area contributed by atoms with Gasteiger partial charge in [-0.3, -0.25) is 0 Å². The number of hydrogen-bond acceptors (Lipinski definition) is 4. The third-order valence-corrected chi connectivity index (χ3v) is 3.46. The molecule has 0 amide bonds. The SMILES string of the molecule is CSc1ccc(Oc2ccc(Cl)c(CN)n2)cc1. The molecule has 0 aliphatic heterocycles. The lowest BCUT2D eigenvalue weighted by molar-refractivity contribution is 0.460. The zero-order chi connectivity index (χ0) is 13.0. The number of pyridine rings is 1. The van der Waals surface area contributed by atoms with Gasteiger partial charge in [-0.15, -0.1) is 11.8 Å². The average molecular weight is 281 g/mol. The molecule has 0 spiro atoms. The Morgan fingerprint density at radius 2 is 1.94 bits per heavy atom. The lowest BCUT2D eigenvalue weighted by atomic mass is 10.3. The predicted molar refractivity (Wildman–Crippen MR) is 75.4 cm³/mol. The summed E-state index contributed by atoms with van der Waals surface area (Å²) in [6.45, 7) is 0.293. The second-order valence-corrected chi connectivity index (χ2v) is 4.85. The minimum atomic E-state index is 0.293. The Morgan fingerprint density at radius 3 is 2.56 bits per heavy atom. The molecule has 94 valence electrons. The summed E-state index contributed by atoms with van der Waals surface area (Å²) in [5, 5.41) is 0.558. The third kappa shape index (κ3) is 3.16. The van der Waals surface area contributed by atoms with Gasteiger partial charge in [-0.1, -0.05) is 11.6 Å². The van der Waals surface area contributed by atoms with Crippen molar-refractivity contribution in [2.75, 3.05) is 6.26 Å². The molecule has 0 aliphatic carbocycles. The number of halogens is 1. The molecule has 1 aromatic heterocycles. The van der Waals surface area contributed by atoms with Gasteiger partial charge in [-0.05, 0) is 36.6 Å². The molecule has 2 N–H and O–H groups in total. The predicted octanol–water partition coefficient (Wildman–Crippen LogP) is 3.71. The van der Waals surface area contributed by atoms with E-state index in [0.29, 0.717) is 23.1 Å². The van der Waals surface area contributed by atoms with Gasteiger partial charge in [0.1, 0.15) is 5.75 Å². The molecule has 2 rings (SSSR count). The van der Waals surface area contributed by atoms with Crippen LogP contribution in [0, 0.1) is 0 Å². The smallest absolute Gasteiger partial charge is 0.219 e. The Hall–Kier alpha value is -1.23. The van der Waals surface area contributed by atoms with Crippen molar-refractivity contribution in [1.82, 2.24) is 4.98 Å². The molecular formula is C13H13ClN2OS. The lowest BCUT2D eigenvalue weighted by Gasteiger charge is -2.07. The highest BCUT2D eigenvalue weighted by molar-refractivity contribution is 7.98. The van der Waals surface area contributed by atoms with Crippen molar-refractivity contribution < 1.29 is 4.74 Å². The van der Waals surface area contributed by atoms with Crippen molar-refractivity contribution in [3.63, 3.8) is 0 Å². The maximum atomic E-state index is 5.94. The van der Waals surface area contributed by atoms with E-state index in [1.54, 1.807) is 23.9 Å². The largest absolute Gasteiger partial charge is 0.439 e. The van der Waals surface area contributed by atoms with Gasteiger partial charge in [0.05, 0.1) is 10.7 Å². The van der Waals surface area contributed by atoms with Gasteiger partial charge >= 0.3 is 0 Å². The van der Waals surface area contributed by atoms with E-state index < -0.39 is 0 Å². The molecule has 1 heterocycles. The minimum absolute atomic E-state index is 0.293. The van der Waals surface area contributed by atoms with E-state index in [9.17, 15) is 0 Å². The first-order valence-electron chi connectivity index (χ1n) is 5.40. The Kier molecular flexibility index (Phi) is 4.47. The second-order valence-electron chi connectivity index (χ2n) is 3.56. The molecule has 0 unspecified atom stereocenters. The van der Waals surface area contributed by atoms with Crippen molar-refractivity contribution in [2.24, 2.45) is 5.73 Å². The van der Waals surface area contributed by atoms with E-state index in [-0.39, 0.29) is 0 Å². The average Bonchev–Trinajstić information content (AvgIpc) is 2.42. The highest BCUT2D eigenvalue weighted by Gasteiger charge is 2.04. The van der Waals surface area contributed by atoms with Crippen molar-refractivity contribution in [3.05, 3.63) is 47.1 Å². The summed E-state index contributed by atoms with van der Waals surface area (Å²) < 4.78 is 5.64. The maximum Gasteiger partial charge on any atom is 0.219 e. The Balaban J connectivity index is 2.17. The number of rotatable bonds is 4. The molecule has 2 aromatic rings. The maximum absolute atomic E-state index is 5.94. The highest BCUT2D eigenvalue weighted by Crippen LogP contribution is 2.25. The number of hydrogen-bond donors (Lipinski definition) is 1. The quantitative estimate of drug-likeness (QED) is 0.868. The van der Waals surface area contributed by atoms with E-state index in [2.05, 4.69) is 4.98 Å². The van der Waals surface area contributed by atoms with Crippen LogP contribution in [0.3, 0.4) is 0 Å². The van der Waals surface area contributed by atoms with Crippen LogP contribution in [0.15, 0.2) is 41.3 Å². The van der Waals surface area contributed by atoms with Crippen molar-refractivity contribution >= 4 is 23.4 Å². The van der Waals surface area contributed by atoms with Gasteiger partial charge in [-0.2, -0.15) is 0 Å². The van der Waals surface area contributed by atoms with Crippen LogP contribution >= 0.6 is 23.4 Å². The fraction of sp³-hybridized carbons (Fsp3) is 0.154. The van der Waals surface area contributed by atoms with Gasteiger partial charge in [-0.25, -0.2) is 4.98 Å². The molecule has 18 heavy (non-hydrogen) atoms. The van der Waals surface area contributed by atoms with Gasteiger partial charge < -0.3 is 10.5 Å². The molecule has 0 saturated heterocycles. The molecule has 5 heteroatoms. The number of nitrogens with two attached hydrogens (primary N) is 1. The second kappa shape index (κ2) is 6.09. The summed E-state index contributed by atoms with van der Waals surface area (Å²) in [6.07, 6.45) is 2.03. The first-order valence-corrected chi connectivity index (χ1v) is 7.00. The molecule has 0 bridgehead atoms. The van der Waals surface area contributed by atoms with Gasteiger partial charge in [0.2, 0.25) is 5.88 Å². The fourth-order valence-electron chi connectivity index (χ4n) is 1.43. The van der Waals surface area contributed by atoms with E-state index in [4.69, 9.17) is 22.1 Å². The van der Waals surface area contributed by atoms with Crippen LogP contribution < -0.4 is 10.5 Å². The van der Waals surface area contributed by atoms with Gasteiger partial charge in [0.15, 0.2) is 0 Å². The molecule has 1 aromatic carbocycles. The number of benzene rings is 1. The van der Waals surface area contributed by atoms with Crippen LogP contribution in [0.5, 0.6) is 11.6 Å². The summed E-state index contributed by atoms with van der Waals surface area (Å²) >= 11 is 7.62. The molecular weight excluding hydrogens is 268 g/mol. The summed E-state index contributed by atoms with van der Waals surface area (Å²) in [4.78, 5) is 5.43. The van der Waals surface area contributed by atoms with Crippen molar-refractivity contribution in [3.8, 4) is 11.6 Å². The highest BCUT2D eigenvalue weighted by atomic mass is 35.5. The molecule has 0 radical (unpaired) electrons. The zero-order valence-electron chi connectivity index (χ0n) is 9.89. The van der Waals surface area contributed by atoms with Gasteiger partial charge in [0, 0.05) is 17.5 Å². The molecule has 0 saturated carbocycles. The summed E-state index contributed by atoms with van der Waals surface area (Å²) in [5.74, 6) is 1.24. The standard InChI is InChI=1S/C13H13ClN2OS/c1-18-10-4-2-9(3-5-10)17-13-7-6-11(14)12(8-15)16-13/h2-7H,8,15H2,1H3. The molecule has 0 fully saturated rings. The first-order chi connectivity index (χ1) is 8.72. The van der Waals surface area contributed by atoms with E-state index in [1.165, 1.54) is 4.90 Å². The number of thioether (sulfide) groups is 1. The van der Waals surface area contributed by atoms with E-state index in [1.807, 2.05) is 30.5 Å². The molecule has 0 aliphatic rings. The monoisotopic (exact) mass is 280 g/mol. The zero-order valence-corrected chi connectivity index (χ0v) is 11.5. The Bertz CT molecular complexity index is 531. The fourth-order valence-corrected chi connectivity index (χ4v) is 2.02. The van der Waals surface area contributed by atoms with Crippen LogP contribution in [-0.4, -0.2) is 11.2 Å². The normalized spacial score (nSPS) is 10.4. The van der Waals surface area contributed by atoms with E-state index in [0.717, 1.165) is 5.75 Å². The van der Waals surface area contributed by atoms with Crippen LogP contribution in [0.1, 0.15) is 5.69 Å². The van der Waals surface area contributed by atoms with E-state index >= 15 is 0 Å². The van der Waals surface area contributed by atoms with Crippen LogP contribution in [0.4, 0.5) is 0 Å². The first kappa shape index (κ1) is 13.2. The summed E-state index contributed by atoms with van der Waals surface area (Å²) in [7, 11) is 0. The number of nitrogens with zero attached hydrogens (tertiary/aromatic N) is 1. The minimum Gasteiger partial charge on any atom is -0.439 e. The van der Waals surface area contributed by atoms with Crippen molar-refractivity contribution in [1.29, 1.82) is 0 Å². The van der Waals surface area contributed by atoms with Crippen LogP contribution in [0.25, 0.3) is 0 Å². The van der Waals surface area contributed by atoms with Crippen LogP contribution in [-0.2, 0) is 6.54 Å². The molecule has 0 atom stereocenters. The van der Waals surface area contributed by atoms with Gasteiger partial charge in [0.25, 0.3) is 0 Å². The van der Waals surface area contributed by atoms with Crippen molar-refractivity contribution in [2.45, 2.75) is 11.4 Å². The summed E-state index contributed by atoms with van der Waals surface area (Å²) in [5.41, 5.74) is 6.18. The third-order valence-electron chi connectivity index (χ3n) is 2.37. The topological polar surface area (TPSA) is 48.1 Å². The number of aromatic nitrogens is 1. The Morgan fingerprint density at radius 1 is 1.22 bits per heavy atom. The van der Waals surface area contributed by atoms with Crippen LogP contribution in [0.2, 0.25) is 5.02 Å². The lowest BCUT2D eigenvalue weighted by Crippen LogP contribution is -2.01. The Labute approximate surface area is 115 Å².